The minimum atomic E-state index is -0.712. The predicted molar refractivity (Wildman–Crippen MR) is 128 cm³/mol. The van der Waals surface area contributed by atoms with E-state index in [1.807, 2.05) is 13.8 Å². The van der Waals surface area contributed by atoms with Gasteiger partial charge in [-0.3, -0.25) is 14.5 Å². The van der Waals surface area contributed by atoms with Crippen molar-refractivity contribution < 1.29 is 23.8 Å². The summed E-state index contributed by atoms with van der Waals surface area (Å²) in [7, 11) is 0. The van der Waals surface area contributed by atoms with Gasteiger partial charge in [0.15, 0.2) is 0 Å². The molecule has 8 nitrogen and oxygen atoms in total. The molecule has 0 bridgehead atoms. The molecule has 34 heavy (non-hydrogen) atoms. The number of β-amino-alcohol motifs (C(OH)–C–C–N with tert-alkyl or cyclic N) is 1. The summed E-state index contributed by atoms with van der Waals surface area (Å²) in [6, 6.07) is 4.14. The highest BCUT2D eigenvalue weighted by molar-refractivity contribution is 6.34. The summed E-state index contributed by atoms with van der Waals surface area (Å²) in [6.45, 7) is 9.63. The minimum Gasteiger partial charge on any atom is -0.390 e. The molecule has 182 valence electrons. The van der Waals surface area contributed by atoms with Gasteiger partial charge in [-0.1, -0.05) is 0 Å². The van der Waals surface area contributed by atoms with Crippen molar-refractivity contribution in [1.29, 1.82) is 0 Å². The number of anilines is 1. The van der Waals surface area contributed by atoms with Crippen LogP contribution in [0.25, 0.3) is 11.6 Å². The van der Waals surface area contributed by atoms with Crippen LogP contribution in [-0.2, 0) is 9.53 Å². The van der Waals surface area contributed by atoms with Crippen LogP contribution in [0.2, 0.25) is 0 Å². The van der Waals surface area contributed by atoms with Crippen LogP contribution < -0.4 is 10.6 Å². The minimum absolute atomic E-state index is 0.105. The van der Waals surface area contributed by atoms with Gasteiger partial charge in [-0.05, 0) is 57.5 Å². The maximum Gasteiger partial charge on any atom is 0.256 e. The number of morpholine rings is 1. The number of aromatic amines is 1. The molecule has 0 radical (unpaired) electrons. The number of halogens is 1. The Morgan fingerprint density at radius 3 is 2.74 bits per heavy atom. The van der Waals surface area contributed by atoms with Crippen LogP contribution in [0.15, 0.2) is 18.2 Å². The van der Waals surface area contributed by atoms with Gasteiger partial charge in [0.2, 0.25) is 0 Å². The summed E-state index contributed by atoms with van der Waals surface area (Å²) in [5.74, 6) is -1.06. The van der Waals surface area contributed by atoms with Gasteiger partial charge in [-0.15, -0.1) is 0 Å². The number of aromatic nitrogens is 1. The van der Waals surface area contributed by atoms with Crippen LogP contribution in [0.3, 0.4) is 0 Å². The highest BCUT2D eigenvalue weighted by Gasteiger charge is 2.27. The third-order valence-corrected chi connectivity index (χ3v) is 6.22. The molecular weight excluding hydrogens is 439 g/mol. The maximum absolute atomic E-state index is 13.7. The number of hydrogen-bond donors (Lipinski definition) is 4. The Bertz CT molecular complexity index is 1130. The normalized spacial score (nSPS) is 22.5. The lowest BCUT2D eigenvalue weighted by Crippen LogP contribution is -2.49. The van der Waals surface area contributed by atoms with Crippen LogP contribution in [0.4, 0.5) is 10.1 Å². The van der Waals surface area contributed by atoms with Gasteiger partial charge < -0.3 is 25.5 Å². The molecule has 2 amide bonds. The average Bonchev–Trinajstić information content (AvgIpc) is 3.20. The number of nitrogens with zero attached hydrogens (tertiary/aromatic N) is 1. The van der Waals surface area contributed by atoms with Crippen molar-refractivity contribution in [2.45, 2.75) is 46.0 Å². The molecule has 3 atom stereocenters. The first-order valence-corrected chi connectivity index (χ1v) is 11.5. The quantitative estimate of drug-likeness (QED) is 0.486. The van der Waals surface area contributed by atoms with E-state index in [-0.39, 0.29) is 30.6 Å². The number of rotatable bonds is 6. The largest absolute Gasteiger partial charge is 0.390 e. The number of aryl methyl sites for hydroxylation is 1. The number of benzene rings is 1. The number of aliphatic hydroxyl groups is 1. The first kappa shape index (κ1) is 24.1. The lowest BCUT2D eigenvalue weighted by atomic mass is 10.0. The molecular formula is C25H31FN4O4. The lowest BCUT2D eigenvalue weighted by Gasteiger charge is -2.36. The highest BCUT2D eigenvalue weighted by Crippen LogP contribution is 2.34. The molecule has 1 fully saturated rings. The Labute approximate surface area is 198 Å². The molecule has 0 aliphatic carbocycles. The molecule has 1 unspecified atom stereocenters. The summed E-state index contributed by atoms with van der Waals surface area (Å²) in [5, 5.41) is 16.0. The van der Waals surface area contributed by atoms with Gasteiger partial charge in [0, 0.05) is 48.8 Å². The molecule has 3 heterocycles. The maximum atomic E-state index is 13.7. The van der Waals surface area contributed by atoms with E-state index in [9.17, 15) is 19.1 Å². The summed E-state index contributed by atoms with van der Waals surface area (Å²) in [6.07, 6.45) is 1.13. The Kier molecular flexibility index (Phi) is 6.88. The van der Waals surface area contributed by atoms with Crippen LogP contribution in [-0.4, -0.2) is 71.3 Å². The lowest BCUT2D eigenvalue weighted by molar-refractivity contribution is -0.110. The monoisotopic (exact) mass is 470 g/mol. The molecule has 2 aromatic rings. The van der Waals surface area contributed by atoms with E-state index in [0.717, 1.165) is 13.1 Å². The summed E-state index contributed by atoms with van der Waals surface area (Å²) in [4.78, 5) is 30.6. The van der Waals surface area contributed by atoms with Crippen molar-refractivity contribution in [2.24, 2.45) is 0 Å². The first-order chi connectivity index (χ1) is 16.1. The van der Waals surface area contributed by atoms with E-state index in [4.69, 9.17) is 4.74 Å². The number of ether oxygens (including phenoxy) is 1. The van der Waals surface area contributed by atoms with Crippen LogP contribution in [0.5, 0.6) is 0 Å². The van der Waals surface area contributed by atoms with E-state index in [1.54, 1.807) is 19.9 Å². The van der Waals surface area contributed by atoms with Crippen molar-refractivity contribution in [1.82, 2.24) is 15.2 Å². The highest BCUT2D eigenvalue weighted by atomic mass is 19.1. The third-order valence-electron chi connectivity index (χ3n) is 6.22. The average molecular weight is 471 g/mol. The number of aliphatic hydroxyl groups excluding tert-OH is 1. The Balaban J connectivity index is 1.44. The fourth-order valence-electron chi connectivity index (χ4n) is 4.80. The fraction of sp³-hybridized carbons (Fsp3) is 0.440. The van der Waals surface area contributed by atoms with Gasteiger partial charge in [0.1, 0.15) is 5.82 Å². The Morgan fingerprint density at radius 2 is 2.03 bits per heavy atom. The molecule has 2 aliphatic heterocycles. The second-order valence-corrected chi connectivity index (χ2v) is 9.21. The number of carbonyl (C=O) groups excluding carboxylic acids is 2. The molecule has 1 saturated heterocycles. The molecule has 4 rings (SSSR count). The van der Waals surface area contributed by atoms with E-state index < -0.39 is 11.9 Å². The van der Waals surface area contributed by atoms with E-state index in [2.05, 4.69) is 20.5 Å². The van der Waals surface area contributed by atoms with Crippen LogP contribution in [0, 0.1) is 19.7 Å². The molecule has 0 saturated carbocycles. The molecule has 1 aromatic carbocycles. The van der Waals surface area contributed by atoms with Crippen molar-refractivity contribution in [3.05, 3.63) is 52.1 Å². The SMILES string of the molecule is Cc1[nH]c(C=C2C(=O)Nc3ccc(F)cc32)c(C)c1C(=O)NCC(O)CN1C[C@@H](C)O[C@@H](C)C1. The topological polar surface area (TPSA) is 107 Å². The Hall–Kier alpha value is -3.01. The number of amides is 2. The third kappa shape index (κ3) is 5.06. The van der Waals surface area contributed by atoms with Gasteiger partial charge in [-0.2, -0.15) is 0 Å². The second-order valence-electron chi connectivity index (χ2n) is 9.21. The van der Waals surface area contributed by atoms with Crippen molar-refractivity contribution in [2.75, 3.05) is 31.5 Å². The summed E-state index contributed by atoms with van der Waals surface area (Å²) >= 11 is 0. The zero-order valence-corrected chi connectivity index (χ0v) is 19.9. The van der Waals surface area contributed by atoms with Crippen LogP contribution in [0.1, 0.15) is 46.7 Å². The van der Waals surface area contributed by atoms with Gasteiger partial charge in [0.05, 0.1) is 29.4 Å². The number of hydrogen-bond acceptors (Lipinski definition) is 5. The number of fused-ring (bicyclic) bond motifs is 1. The van der Waals surface area contributed by atoms with E-state index in [1.165, 1.54) is 18.2 Å². The fourth-order valence-corrected chi connectivity index (χ4v) is 4.80. The Morgan fingerprint density at radius 1 is 1.32 bits per heavy atom. The smallest absolute Gasteiger partial charge is 0.256 e. The van der Waals surface area contributed by atoms with E-state index >= 15 is 0 Å². The summed E-state index contributed by atoms with van der Waals surface area (Å²) < 4.78 is 19.5. The number of carbonyl (C=O) groups is 2. The zero-order chi connectivity index (χ0) is 24.6. The zero-order valence-electron chi connectivity index (χ0n) is 19.9. The molecule has 1 aromatic heterocycles. The van der Waals surface area contributed by atoms with Gasteiger partial charge >= 0.3 is 0 Å². The molecule has 9 heteroatoms. The summed E-state index contributed by atoms with van der Waals surface area (Å²) in [5.41, 5.74) is 3.74. The van der Waals surface area contributed by atoms with Gasteiger partial charge in [0.25, 0.3) is 11.8 Å². The van der Waals surface area contributed by atoms with Gasteiger partial charge in [-0.25, -0.2) is 4.39 Å². The molecule has 4 N–H and O–H groups in total. The number of H-pyrrole nitrogens is 1. The van der Waals surface area contributed by atoms with E-state index in [0.29, 0.717) is 45.9 Å². The van der Waals surface area contributed by atoms with Crippen LogP contribution >= 0.6 is 0 Å². The van der Waals surface area contributed by atoms with Crippen molar-refractivity contribution >= 4 is 29.2 Å². The van der Waals surface area contributed by atoms with Crippen molar-refractivity contribution in [3.8, 4) is 0 Å². The predicted octanol–water partition coefficient (Wildman–Crippen LogP) is 2.46. The molecule has 0 spiro atoms. The molecule has 2 aliphatic rings. The van der Waals surface area contributed by atoms with Crippen molar-refractivity contribution in [3.63, 3.8) is 0 Å². The second kappa shape index (κ2) is 9.69. The number of nitrogens with one attached hydrogen (secondary N) is 3. The first-order valence-electron chi connectivity index (χ1n) is 11.5. The standard InChI is InChI=1S/C25H31FN4O4/c1-13-10-30(11-14(2)34-13)12-18(31)9-27-25(33)23-15(3)22(28-16(23)4)8-20-19-7-17(26)5-6-21(19)29-24(20)32/h5-8,13-14,18,28,31H,9-12H2,1-4H3,(H,27,33)(H,29,32)/t13-,14+,18?.